The highest BCUT2D eigenvalue weighted by Gasteiger charge is 2.33. The first-order chi connectivity index (χ1) is 5.73. The summed E-state index contributed by atoms with van der Waals surface area (Å²) in [5, 5.41) is 0. The van der Waals surface area contributed by atoms with Gasteiger partial charge in [-0.2, -0.15) is 0 Å². The van der Waals surface area contributed by atoms with Gasteiger partial charge in [0.1, 0.15) is 0 Å². The van der Waals surface area contributed by atoms with Gasteiger partial charge < -0.3 is 0 Å². The van der Waals surface area contributed by atoms with E-state index in [1.165, 1.54) is 44.9 Å². The molecule has 0 aromatic heterocycles. The maximum Gasteiger partial charge on any atom is 0.0280 e. The summed E-state index contributed by atoms with van der Waals surface area (Å²) in [5.41, 5.74) is 0. The first kappa shape index (κ1) is 10.6. The molecule has 0 amide bonds. The molecule has 0 aromatic rings. The zero-order valence-electron chi connectivity index (χ0n) is 8.41. The second-order valence-electron chi connectivity index (χ2n) is 4.08. The summed E-state index contributed by atoms with van der Waals surface area (Å²) in [5.74, 6) is 0.946. The summed E-state index contributed by atoms with van der Waals surface area (Å²) in [4.78, 5) is 0. The van der Waals surface area contributed by atoms with Gasteiger partial charge in [0.05, 0.1) is 0 Å². The van der Waals surface area contributed by atoms with Crippen molar-refractivity contribution in [2.24, 2.45) is 5.92 Å². The Kier molecular flexibility index (Phi) is 4.09. The lowest BCUT2D eigenvalue weighted by atomic mass is 9.77. The molecular weight excluding hydrogens is 212 g/mol. The number of rotatable bonds is 3. The molecule has 12 heavy (non-hydrogen) atoms. The lowest BCUT2D eigenvalue weighted by Gasteiger charge is -2.37. The van der Waals surface area contributed by atoms with Gasteiger partial charge in [-0.1, -0.05) is 49.0 Å². The highest BCUT2D eigenvalue weighted by Crippen LogP contribution is 2.42. The Morgan fingerprint density at radius 2 is 1.58 bits per heavy atom. The average molecular weight is 233 g/mol. The summed E-state index contributed by atoms with van der Waals surface area (Å²) in [6, 6.07) is 0. The van der Waals surface area contributed by atoms with Gasteiger partial charge in [0, 0.05) is 4.32 Å². The molecule has 1 aliphatic rings. The van der Waals surface area contributed by atoms with E-state index in [2.05, 4.69) is 29.8 Å². The lowest BCUT2D eigenvalue weighted by Crippen LogP contribution is -2.31. The summed E-state index contributed by atoms with van der Waals surface area (Å²) < 4.78 is 0.466. The maximum atomic E-state index is 3.94. The van der Waals surface area contributed by atoms with E-state index in [4.69, 9.17) is 0 Å². The maximum absolute atomic E-state index is 3.94. The van der Waals surface area contributed by atoms with Crippen LogP contribution in [0.4, 0.5) is 0 Å². The van der Waals surface area contributed by atoms with Crippen molar-refractivity contribution in [1.29, 1.82) is 0 Å². The van der Waals surface area contributed by atoms with E-state index in [1.54, 1.807) is 0 Å². The van der Waals surface area contributed by atoms with Gasteiger partial charge in [-0.05, 0) is 31.6 Å². The predicted octanol–water partition coefficient (Wildman–Crippen LogP) is 4.52. The molecule has 0 nitrogen and oxygen atoms in total. The summed E-state index contributed by atoms with van der Waals surface area (Å²) in [6.45, 7) is 4.62. The van der Waals surface area contributed by atoms with Crippen LogP contribution in [0, 0.1) is 5.92 Å². The molecule has 0 saturated heterocycles. The molecule has 0 aromatic carbocycles. The number of halogens is 1. The van der Waals surface area contributed by atoms with Crippen LogP contribution in [0.5, 0.6) is 0 Å². The SMILES string of the molecule is CCC(Br)(CC)C1CCCCC1. The fourth-order valence-electron chi connectivity index (χ4n) is 2.45. The molecule has 0 aliphatic heterocycles. The average Bonchev–Trinajstić information content (AvgIpc) is 2.18. The van der Waals surface area contributed by atoms with Crippen molar-refractivity contribution < 1.29 is 0 Å². The Morgan fingerprint density at radius 3 is 2.00 bits per heavy atom. The van der Waals surface area contributed by atoms with Gasteiger partial charge in [0.2, 0.25) is 0 Å². The number of hydrogen-bond acceptors (Lipinski definition) is 0. The van der Waals surface area contributed by atoms with Crippen LogP contribution < -0.4 is 0 Å². The van der Waals surface area contributed by atoms with Crippen LogP contribution in [-0.4, -0.2) is 4.32 Å². The van der Waals surface area contributed by atoms with Gasteiger partial charge >= 0.3 is 0 Å². The summed E-state index contributed by atoms with van der Waals surface area (Å²) in [7, 11) is 0. The van der Waals surface area contributed by atoms with Crippen molar-refractivity contribution in [3.63, 3.8) is 0 Å². The molecule has 72 valence electrons. The van der Waals surface area contributed by atoms with Crippen molar-refractivity contribution >= 4 is 15.9 Å². The van der Waals surface area contributed by atoms with Crippen LogP contribution in [0.3, 0.4) is 0 Å². The van der Waals surface area contributed by atoms with Crippen molar-refractivity contribution in [2.75, 3.05) is 0 Å². The van der Waals surface area contributed by atoms with E-state index < -0.39 is 0 Å². The highest BCUT2D eigenvalue weighted by atomic mass is 79.9. The monoisotopic (exact) mass is 232 g/mol. The summed E-state index contributed by atoms with van der Waals surface area (Å²) in [6.07, 6.45) is 9.85. The molecule has 0 atom stereocenters. The Bertz CT molecular complexity index is 121. The number of hydrogen-bond donors (Lipinski definition) is 0. The van der Waals surface area contributed by atoms with Crippen LogP contribution >= 0.6 is 15.9 Å². The number of alkyl halides is 1. The summed E-state index contributed by atoms with van der Waals surface area (Å²) >= 11 is 3.94. The standard InChI is InChI=1S/C11H21Br/c1-3-11(12,4-2)10-8-6-5-7-9-10/h10H,3-9H2,1-2H3. The highest BCUT2D eigenvalue weighted by molar-refractivity contribution is 9.10. The van der Waals surface area contributed by atoms with E-state index in [0.29, 0.717) is 4.32 Å². The third-order valence-corrected chi connectivity index (χ3v) is 5.28. The van der Waals surface area contributed by atoms with E-state index >= 15 is 0 Å². The van der Waals surface area contributed by atoms with Gasteiger partial charge in [0.25, 0.3) is 0 Å². The molecule has 0 bridgehead atoms. The topological polar surface area (TPSA) is 0 Å². The molecular formula is C11H21Br. The van der Waals surface area contributed by atoms with Gasteiger partial charge in [-0.15, -0.1) is 0 Å². The van der Waals surface area contributed by atoms with Crippen LogP contribution in [0.1, 0.15) is 58.8 Å². The quantitative estimate of drug-likeness (QED) is 0.628. The van der Waals surface area contributed by atoms with Gasteiger partial charge in [-0.3, -0.25) is 0 Å². The lowest BCUT2D eigenvalue weighted by molar-refractivity contribution is 0.271. The minimum Gasteiger partial charge on any atom is -0.0851 e. The van der Waals surface area contributed by atoms with Gasteiger partial charge in [-0.25, -0.2) is 0 Å². The molecule has 0 radical (unpaired) electrons. The van der Waals surface area contributed by atoms with E-state index in [-0.39, 0.29) is 0 Å². The van der Waals surface area contributed by atoms with E-state index in [0.717, 1.165) is 5.92 Å². The van der Waals surface area contributed by atoms with Crippen LogP contribution in [0.15, 0.2) is 0 Å². The Labute approximate surface area is 85.3 Å². The molecule has 1 aliphatic carbocycles. The second-order valence-corrected chi connectivity index (χ2v) is 5.66. The molecule has 0 spiro atoms. The first-order valence-electron chi connectivity index (χ1n) is 5.42. The molecule has 1 saturated carbocycles. The molecule has 1 fully saturated rings. The normalized spacial score (nSPS) is 21.2. The molecule has 0 unspecified atom stereocenters. The van der Waals surface area contributed by atoms with Crippen molar-refractivity contribution in [3.05, 3.63) is 0 Å². The van der Waals surface area contributed by atoms with Crippen LogP contribution in [0.2, 0.25) is 0 Å². The second kappa shape index (κ2) is 4.64. The minimum atomic E-state index is 0.466. The Morgan fingerprint density at radius 1 is 1.08 bits per heavy atom. The van der Waals surface area contributed by atoms with Crippen LogP contribution in [0.25, 0.3) is 0 Å². The fraction of sp³-hybridized carbons (Fsp3) is 1.00. The van der Waals surface area contributed by atoms with E-state index in [1.807, 2.05) is 0 Å². The first-order valence-corrected chi connectivity index (χ1v) is 6.21. The van der Waals surface area contributed by atoms with E-state index in [9.17, 15) is 0 Å². The smallest absolute Gasteiger partial charge is 0.0280 e. The molecule has 0 N–H and O–H groups in total. The third kappa shape index (κ3) is 2.25. The Balaban J connectivity index is 2.51. The van der Waals surface area contributed by atoms with Crippen molar-refractivity contribution in [2.45, 2.75) is 63.1 Å². The van der Waals surface area contributed by atoms with Crippen molar-refractivity contribution in [3.8, 4) is 0 Å². The van der Waals surface area contributed by atoms with Gasteiger partial charge in [0.15, 0.2) is 0 Å². The zero-order chi connectivity index (χ0) is 9.03. The predicted molar refractivity (Wildman–Crippen MR) is 58.8 cm³/mol. The zero-order valence-corrected chi connectivity index (χ0v) is 9.99. The van der Waals surface area contributed by atoms with Crippen LogP contribution in [-0.2, 0) is 0 Å². The fourth-order valence-corrected chi connectivity index (χ4v) is 2.91. The molecule has 1 heteroatoms. The molecule has 1 rings (SSSR count). The third-order valence-electron chi connectivity index (χ3n) is 3.51. The minimum absolute atomic E-state index is 0.466. The Hall–Kier alpha value is 0.480. The molecule has 0 heterocycles. The van der Waals surface area contributed by atoms with Crippen molar-refractivity contribution in [1.82, 2.24) is 0 Å². The largest absolute Gasteiger partial charge is 0.0851 e.